The van der Waals surface area contributed by atoms with E-state index < -0.39 is 10.0 Å². The zero-order valence-corrected chi connectivity index (χ0v) is 20.5. The van der Waals surface area contributed by atoms with E-state index in [2.05, 4.69) is 10.6 Å². The lowest BCUT2D eigenvalue weighted by atomic mass is 9.97. The summed E-state index contributed by atoms with van der Waals surface area (Å²) in [4.78, 5) is 25.6. The summed E-state index contributed by atoms with van der Waals surface area (Å²) in [6.45, 7) is 0.745. The Bertz CT molecular complexity index is 1290. The van der Waals surface area contributed by atoms with Gasteiger partial charge in [0.05, 0.1) is 29.8 Å². The number of nitrogens with zero attached hydrogens (tertiary/aromatic N) is 1. The Morgan fingerprint density at radius 3 is 2.51 bits per heavy atom. The van der Waals surface area contributed by atoms with Crippen molar-refractivity contribution in [3.8, 4) is 0 Å². The maximum absolute atomic E-state index is 12.9. The summed E-state index contributed by atoms with van der Waals surface area (Å²) in [5.41, 5.74) is 1.37. The second kappa shape index (κ2) is 11.1. The van der Waals surface area contributed by atoms with Gasteiger partial charge in [-0.3, -0.25) is 9.59 Å². The molecule has 1 aromatic heterocycles. The van der Waals surface area contributed by atoms with Gasteiger partial charge in [0, 0.05) is 24.0 Å². The number of para-hydroxylation sites is 1. The van der Waals surface area contributed by atoms with Gasteiger partial charge in [0.2, 0.25) is 15.9 Å². The number of rotatable bonds is 8. The molecule has 1 aliphatic rings. The molecular weight excluding hydrogens is 490 g/mol. The fourth-order valence-corrected chi connectivity index (χ4v) is 5.79. The van der Waals surface area contributed by atoms with Crippen LogP contribution in [0.3, 0.4) is 0 Å². The average Bonchev–Trinajstić information content (AvgIpc) is 3.36. The number of amides is 2. The first-order valence-corrected chi connectivity index (χ1v) is 13.2. The largest absolute Gasteiger partial charge is 0.467 e. The number of halogens is 1. The first kappa shape index (κ1) is 25.0. The molecule has 3 aromatic rings. The minimum absolute atomic E-state index is 0.134. The molecule has 1 saturated heterocycles. The van der Waals surface area contributed by atoms with Crippen LogP contribution in [0.25, 0.3) is 0 Å². The minimum atomic E-state index is -3.52. The van der Waals surface area contributed by atoms with Crippen LogP contribution in [-0.2, 0) is 27.1 Å². The van der Waals surface area contributed by atoms with Crippen molar-refractivity contribution >= 4 is 39.1 Å². The second-order valence-corrected chi connectivity index (χ2v) is 10.8. The monoisotopic (exact) mass is 515 g/mol. The SMILES string of the molecule is O=C(NCc1ccco1)c1ccccc1NC(=O)C1CCN(S(=O)(=O)Cc2cccc(Cl)c2)CC1. The van der Waals surface area contributed by atoms with Gasteiger partial charge in [-0.15, -0.1) is 0 Å². The van der Waals surface area contributed by atoms with E-state index >= 15 is 0 Å². The van der Waals surface area contributed by atoms with Gasteiger partial charge in [-0.1, -0.05) is 35.9 Å². The molecule has 4 rings (SSSR count). The predicted octanol–water partition coefficient (Wildman–Crippen LogP) is 4.04. The van der Waals surface area contributed by atoms with Gasteiger partial charge in [-0.2, -0.15) is 0 Å². The van der Waals surface area contributed by atoms with Crippen molar-refractivity contribution in [2.75, 3.05) is 18.4 Å². The van der Waals surface area contributed by atoms with Crippen molar-refractivity contribution in [1.29, 1.82) is 0 Å². The molecule has 0 spiro atoms. The fourth-order valence-electron chi connectivity index (χ4n) is 4.03. The Balaban J connectivity index is 1.33. The molecule has 2 amide bonds. The lowest BCUT2D eigenvalue weighted by Gasteiger charge is -2.30. The van der Waals surface area contributed by atoms with Crippen LogP contribution < -0.4 is 10.6 Å². The average molecular weight is 516 g/mol. The molecule has 35 heavy (non-hydrogen) atoms. The lowest BCUT2D eigenvalue weighted by Crippen LogP contribution is -2.42. The van der Waals surface area contributed by atoms with Crippen molar-refractivity contribution in [2.45, 2.75) is 25.1 Å². The van der Waals surface area contributed by atoms with Crippen LogP contribution in [-0.4, -0.2) is 37.6 Å². The van der Waals surface area contributed by atoms with Gasteiger partial charge in [0.15, 0.2) is 0 Å². The summed E-state index contributed by atoms with van der Waals surface area (Å²) in [5.74, 6) is -0.434. The van der Waals surface area contributed by atoms with Crippen LogP contribution in [0, 0.1) is 5.92 Å². The highest BCUT2D eigenvalue weighted by molar-refractivity contribution is 7.88. The number of hydrogen-bond acceptors (Lipinski definition) is 5. The van der Waals surface area contributed by atoms with Crippen LogP contribution in [0.4, 0.5) is 5.69 Å². The molecule has 0 aliphatic carbocycles. The molecule has 8 nitrogen and oxygen atoms in total. The number of piperidine rings is 1. The van der Waals surface area contributed by atoms with Gasteiger partial charge in [0.1, 0.15) is 5.76 Å². The van der Waals surface area contributed by atoms with Gasteiger partial charge >= 0.3 is 0 Å². The van der Waals surface area contributed by atoms with E-state index in [9.17, 15) is 18.0 Å². The van der Waals surface area contributed by atoms with Crippen molar-refractivity contribution in [1.82, 2.24) is 9.62 Å². The number of hydrogen-bond donors (Lipinski definition) is 2. The van der Waals surface area contributed by atoms with Crippen LogP contribution in [0.2, 0.25) is 5.02 Å². The Kier molecular flexibility index (Phi) is 7.90. The Morgan fingerprint density at radius 2 is 1.80 bits per heavy atom. The van der Waals surface area contributed by atoms with Crippen molar-refractivity contribution in [3.05, 3.63) is 88.8 Å². The summed E-state index contributed by atoms with van der Waals surface area (Å²) in [7, 11) is -3.52. The molecule has 184 valence electrons. The lowest BCUT2D eigenvalue weighted by molar-refractivity contribution is -0.120. The zero-order valence-electron chi connectivity index (χ0n) is 18.9. The third-order valence-electron chi connectivity index (χ3n) is 5.89. The molecule has 0 saturated carbocycles. The van der Waals surface area contributed by atoms with Crippen molar-refractivity contribution in [2.24, 2.45) is 5.92 Å². The van der Waals surface area contributed by atoms with Crippen LogP contribution >= 0.6 is 11.6 Å². The van der Waals surface area contributed by atoms with Gasteiger partial charge in [-0.25, -0.2) is 12.7 Å². The molecule has 1 aliphatic heterocycles. The number of benzene rings is 2. The third-order valence-corrected chi connectivity index (χ3v) is 7.97. The summed E-state index contributed by atoms with van der Waals surface area (Å²) >= 11 is 5.97. The molecule has 1 fully saturated rings. The first-order chi connectivity index (χ1) is 16.8. The van der Waals surface area contributed by atoms with Gasteiger partial charge in [0.25, 0.3) is 5.91 Å². The molecule has 2 aromatic carbocycles. The number of furan rings is 1. The van der Waals surface area contributed by atoms with Crippen molar-refractivity contribution < 1.29 is 22.4 Å². The van der Waals surface area contributed by atoms with E-state index in [1.807, 2.05) is 0 Å². The van der Waals surface area contributed by atoms with E-state index in [0.717, 1.165) is 0 Å². The topological polar surface area (TPSA) is 109 Å². The van der Waals surface area contributed by atoms with E-state index in [4.69, 9.17) is 16.0 Å². The van der Waals surface area contributed by atoms with E-state index in [1.54, 1.807) is 60.7 Å². The molecule has 0 radical (unpaired) electrons. The summed E-state index contributed by atoms with van der Waals surface area (Å²) in [6, 6.07) is 17.1. The minimum Gasteiger partial charge on any atom is -0.467 e. The van der Waals surface area contributed by atoms with E-state index in [-0.39, 0.29) is 43.1 Å². The van der Waals surface area contributed by atoms with Crippen LogP contribution in [0.5, 0.6) is 0 Å². The highest BCUT2D eigenvalue weighted by Gasteiger charge is 2.31. The molecule has 0 bridgehead atoms. The van der Waals surface area contributed by atoms with Crippen molar-refractivity contribution in [3.63, 3.8) is 0 Å². The predicted molar refractivity (Wildman–Crippen MR) is 133 cm³/mol. The summed E-state index contributed by atoms with van der Waals surface area (Å²) < 4.78 is 32.3. The smallest absolute Gasteiger partial charge is 0.253 e. The van der Waals surface area contributed by atoms with Crippen LogP contribution in [0.1, 0.15) is 34.5 Å². The maximum Gasteiger partial charge on any atom is 0.253 e. The van der Waals surface area contributed by atoms with E-state index in [1.165, 1.54) is 10.6 Å². The number of sulfonamides is 1. The fraction of sp³-hybridized carbons (Fsp3) is 0.280. The molecule has 2 heterocycles. The summed E-state index contributed by atoms with van der Waals surface area (Å²) in [6.07, 6.45) is 2.32. The number of carbonyl (C=O) groups is 2. The number of carbonyl (C=O) groups excluding carboxylic acids is 2. The highest BCUT2D eigenvalue weighted by Crippen LogP contribution is 2.25. The van der Waals surface area contributed by atoms with Crippen LogP contribution in [0.15, 0.2) is 71.3 Å². The quantitative estimate of drug-likeness (QED) is 0.470. The molecule has 10 heteroatoms. The van der Waals surface area contributed by atoms with E-state index in [0.29, 0.717) is 40.4 Å². The maximum atomic E-state index is 12.9. The molecular formula is C25H26ClN3O5S. The zero-order chi connectivity index (χ0) is 24.8. The Hall–Kier alpha value is -3.14. The second-order valence-electron chi connectivity index (χ2n) is 8.36. The standard InChI is InChI=1S/C25H26ClN3O5S/c26-20-6-3-5-18(15-20)17-35(32,33)29-12-10-19(11-13-29)24(30)28-23-9-2-1-8-22(23)25(31)27-16-21-7-4-14-34-21/h1-9,14-15,19H,10-13,16-17H2,(H,27,31)(H,28,30). The highest BCUT2D eigenvalue weighted by atomic mass is 35.5. The Morgan fingerprint density at radius 1 is 1.03 bits per heavy atom. The Labute approximate surface area is 209 Å². The summed E-state index contributed by atoms with van der Waals surface area (Å²) in [5, 5.41) is 6.11. The number of nitrogens with one attached hydrogen (secondary N) is 2. The molecule has 2 N–H and O–H groups in total. The molecule has 0 unspecified atom stereocenters. The third kappa shape index (κ3) is 6.50. The first-order valence-electron chi connectivity index (χ1n) is 11.2. The van der Waals surface area contributed by atoms with Gasteiger partial charge in [-0.05, 0) is 54.8 Å². The normalized spacial score (nSPS) is 15.0. The number of anilines is 1. The molecule has 0 atom stereocenters. The van der Waals surface area contributed by atoms with Gasteiger partial charge < -0.3 is 15.1 Å².